The lowest BCUT2D eigenvalue weighted by atomic mass is 10.1. The fourth-order valence-corrected chi connectivity index (χ4v) is 4.03. The second-order valence-electron chi connectivity index (χ2n) is 6.36. The highest BCUT2D eigenvalue weighted by atomic mass is 35.5. The van der Waals surface area contributed by atoms with Gasteiger partial charge in [0.05, 0.1) is 12.1 Å². The third-order valence-corrected chi connectivity index (χ3v) is 5.60. The van der Waals surface area contributed by atoms with Crippen molar-refractivity contribution in [2.45, 2.75) is 30.3 Å². The van der Waals surface area contributed by atoms with Crippen LogP contribution in [-0.2, 0) is 4.79 Å². The monoisotopic (exact) mass is 416 g/mol. The Labute approximate surface area is 173 Å². The number of nitrogens with one attached hydrogen (secondary N) is 1. The molecule has 0 bridgehead atoms. The van der Waals surface area contributed by atoms with E-state index >= 15 is 0 Å². The van der Waals surface area contributed by atoms with Crippen LogP contribution in [-0.4, -0.2) is 27.8 Å². The minimum absolute atomic E-state index is 0.171. The van der Waals surface area contributed by atoms with Crippen molar-refractivity contribution in [2.24, 2.45) is 0 Å². The molecule has 1 amide bonds. The molecule has 0 fully saturated rings. The molecule has 2 aromatic carbocycles. The molecule has 0 aliphatic heterocycles. The second kappa shape index (κ2) is 9.12. The molecule has 0 aliphatic rings. The normalized spacial score (nSPS) is 12.0. The zero-order valence-corrected chi connectivity index (χ0v) is 17.4. The Morgan fingerprint density at radius 2 is 1.96 bits per heavy atom. The van der Waals surface area contributed by atoms with Crippen LogP contribution in [0.5, 0.6) is 5.75 Å². The molecule has 0 radical (unpaired) electrons. The van der Waals surface area contributed by atoms with Gasteiger partial charge in [0.15, 0.2) is 5.16 Å². The Balaban J connectivity index is 1.87. The van der Waals surface area contributed by atoms with Crippen LogP contribution in [0.2, 0.25) is 5.02 Å². The van der Waals surface area contributed by atoms with E-state index in [9.17, 15) is 4.79 Å². The van der Waals surface area contributed by atoms with Crippen molar-refractivity contribution < 1.29 is 9.53 Å². The topological polar surface area (TPSA) is 69.0 Å². The van der Waals surface area contributed by atoms with Gasteiger partial charge in [0, 0.05) is 11.7 Å². The van der Waals surface area contributed by atoms with Crippen LogP contribution in [0.3, 0.4) is 0 Å². The molecule has 0 spiro atoms. The standard InChI is InChI=1S/C20H21ClN4O2S/c1-13(2)25-12-22-24-20(25)28-18(14-7-5-4-6-8-14)19(26)23-15-9-10-17(27-3)16(21)11-15/h4-13,18H,1-3H3,(H,23,26)/t18-/m1/s1. The maximum Gasteiger partial charge on any atom is 0.242 e. The van der Waals surface area contributed by atoms with Crippen molar-refractivity contribution in [1.82, 2.24) is 14.8 Å². The maximum absolute atomic E-state index is 13.1. The van der Waals surface area contributed by atoms with E-state index in [1.165, 1.54) is 11.8 Å². The van der Waals surface area contributed by atoms with Crippen LogP contribution in [0, 0.1) is 0 Å². The highest BCUT2D eigenvalue weighted by Gasteiger charge is 2.25. The summed E-state index contributed by atoms with van der Waals surface area (Å²) in [4.78, 5) is 13.1. The number of thioether (sulfide) groups is 1. The summed E-state index contributed by atoms with van der Waals surface area (Å²) in [6.45, 7) is 4.09. The molecule has 0 saturated carbocycles. The number of amides is 1. The number of benzene rings is 2. The largest absolute Gasteiger partial charge is 0.495 e. The number of hydrogen-bond acceptors (Lipinski definition) is 5. The van der Waals surface area contributed by atoms with E-state index < -0.39 is 5.25 Å². The number of halogens is 1. The lowest BCUT2D eigenvalue weighted by Gasteiger charge is -2.18. The molecule has 6 nitrogen and oxygen atoms in total. The fourth-order valence-electron chi connectivity index (χ4n) is 2.63. The number of nitrogens with zero attached hydrogens (tertiary/aromatic N) is 3. The van der Waals surface area contributed by atoms with Crippen LogP contribution in [0.4, 0.5) is 5.69 Å². The summed E-state index contributed by atoms with van der Waals surface area (Å²) in [5.74, 6) is 0.384. The summed E-state index contributed by atoms with van der Waals surface area (Å²) in [6, 6.07) is 14.9. The molecule has 28 heavy (non-hydrogen) atoms. The summed E-state index contributed by atoms with van der Waals surface area (Å²) >= 11 is 7.54. The molecule has 1 heterocycles. The first kappa shape index (κ1) is 20.2. The minimum Gasteiger partial charge on any atom is -0.495 e. The van der Waals surface area contributed by atoms with Gasteiger partial charge in [-0.05, 0) is 37.6 Å². The number of aromatic nitrogens is 3. The van der Waals surface area contributed by atoms with E-state index in [0.29, 0.717) is 21.6 Å². The molecule has 146 valence electrons. The molecule has 0 saturated heterocycles. The third-order valence-electron chi connectivity index (χ3n) is 4.08. The third kappa shape index (κ3) is 4.66. The summed E-state index contributed by atoms with van der Waals surface area (Å²) in [7, 11) is 1.55. The minimum atomic E-state index is -0.497. The van der Waals surface area contributed by atoms with Gasteiger partial charge in [-0.3, -0.25) is 4.79 Å². The smallest absolute Gasteiger partial charge is 0.242 e. The molecular weight excluding hydrogens is 396 g/mol. The predicted octanol–water partition coefficient (Wildman–Crippen LogP) is 4.99. The fraction of sp³-hybridized carbons (Fsp3) is 0.250. The quantitative estimate of drug-likeness (QED) is 0.549. The van der Waals surface area contributed by atoms with E-state index in [-0.39, 0.29) is 11.9 Å². The molecule has 1 aromatic heterocycles. The van der Waals surface area contributed by atoms with Gasteiger partial charge in [-0.2, -0.15) is 0 Å². The summed E-state index contributed by atoms with van der Waals surface area (Å²) in [5, 5.41) is 11.7. The van der Waals surface area contributed by atoms with Crippen LogP contribution in [0.25, 0.3) is 0 Å². The number of hydrogen-bond donors (Lipinski definition) is 1. The first-order chi connectivity index (χ1) is 13.5. The summed E-state index contributed by atoms with van der Waals surface area (Å²) < 4.78 is 7.10. The number of methoxy groups -OCH3 is 1. The van der Waals surface area contributed by atoms with Crippen LogP contribution >= 0.6 is 23.4 Å². The average Bonchev–Trinajstić information content (AvgIpc) is 3.15. The Hall–Kier alpha value is -2.51. The molecule has 0 aliphatic carbocycles. The molecular formula is C20H21ClN4O2S. The van der Waals surface area contributed by atoms with E-state index in [1.54, 1.807) is 31.6 Å². The average molecular weight is 417 g/mol. The van der Waals surface area contributed by atoms with Gasteiger partial charge >= 0.3 is 0 Å². The summed E-state index contributed by atoms with van der Waals surface area (Å²) in [5.41, 5.74) is 1.48. The van der Waals surface area contributed by atoms with Gasteiger partial charge in [-0.1, -0.05) is 53.7 Å². The molecule has 3 aromatic rings. The first-order valence-corrected chi connectivity index (χ1v) is 10.0. The Bertz CT molecular complexity index is 946. The van der Waals surface area contributed by atoms with Crippen LogP contribution in [0.15, 0.2) is 60.0 Å². The lowest BCUT2D eigenvalue weighted by Crippen LogP contribution is -2.19. The first-order valence-electron chi connectivity index (χ1n) is 8.75. The van der Waals surface area contributed by atoms with E-state index in [2.05, 4.69) is 15.5 Å². The van der Waals surface area contributed by atoms with Gasteiger partial charge in [0.1, 0.15) is 17.3 Å². The van der Waals surface area contributed by atoms with E-state index in [4.69, 9.17) is 16.3 Å². The highest BCUT2D eigenvalue weighted by Crippen LogP contribution is 2.36. The van der Waals surface area contributed by atoms with Crippen LogP contribution < -0.4 is 10.1 Å². The predicted molar refractivity (Wildman–Crippen MR) is 112 cm³/mol. The van der Waals surface area contributed by atoms with Gasteiger partial charge in [-0.25, -0.2) is 0 Å². The zero-order chi connectivity index (χ0) is 20.1. The number of rotatable bonds is 7. The number of carbonyl (C=O) groups excluding carboxylic acids is 1. The highest BCUT2D eigenvalue weighted by molar-refractivity contribution is 8.00. The van der Waals surface area contributed by atoms with Crippen molar-refractivity contribution >= 4 is 35.0 Å². The van der Waals surface area contributed by atoms with Crippen molar-refractivity contribution in [3.05, 3.63) is 65.4 Å². The van der Waals surface area contributed by atoms with Gasteiger partial charge in [0.25, 0.3) is 0 Å². The Kier molecular flexibility index (Phi) is 6.59. The van der Waals surface area contributed by atoms with E-state index in [0.717, 1.165) is 5.56 Å². The van der Waals surface area contributed by atoms with Crippen LogP contribution in [0.1, 0.15) is 30.7 Å². The van der Waals surface area contributed by atoms with Crippen molar-refractivity contribution in [3.8, 4) is 5.75 Å². The zero-order valence-electron chi connectivity index (χ0n) is 15.8. The summed E-state index contributed by atoms with van der Waals surface area (Å²) in [6.07, 6.45) is 1.68. The second-order valence-corrected chi connectivity index (χ2v) is 7.84. The SMILES string of the molecule is COc1ccc(NC(=O)[C@H](Sc2nncn2C(C)C)c2ccccc2)cc1Cl. The Morgan fingerprint density at radius 1 is 1.21 bits per heavy atom. The van der Waals surface area contributed by atoms with Crippen molar-refractivity contribution in [3.63, 3.8) is 0 Å². The van der Waals surface area contributed by atoms with E-state index in [1.807, 2.05) is 48.7 Å². The molecule has 0 unspecified atom stereocenters. The lowest BCUT2D eigenvalue weighted by molar-refractivity contribution is -0.115. The number of carbonyl (C=O) groups is 1. The molecule has 1 N–H and O–H groups in total. The van der Waals surface area contributed by atoms with Crippen molar-refractivity contribution in [2.75, 3.05) is 12.4 Å². The Morgan fingerprint density at radius 3 is 2.61 bits per heavy atom. The molecule has 1 atom stereocenters. The molecule has 8 heteroatoms. The van der Waals surface area contributed by atoms with Gasteiger partial charge in [-0.15, -0.1) is 10.2 Å². The number of anilines is 1. The number of ether oxygens (including phenoxy) is 1. The molecule has 3 rings (SSSR count). The van der Waals surface area contributed by atoms with Gasteiger partial charge < -0.3 is 14.6 Å². The van der Waals surface area contributed by atoms with Gasteiger partial charge in [0.2, 0.25) is 5.91 Å². The maximum atomic E-state index is 13.1. The van der Waals surface area contributed by atoms with Crippen molar-refractivity contribution in [1.29, 1.82) is 0 Å².